The van der Waals surface area contributed by atoms with E-state index in [-0.39, 0.29) is 13.2 Å². The first kappa shape index (κ1) is 14.1. The van der Waals surface area contributed by atoms with Crippen LogP contribution in [0.4, 0.5) is 0 Å². The summed E-state index contributed by atoms with van der Waals surface area (Å²) in [6.07, 6.45) is 0.571. The molecule has 0 spiro atoms. The van der Waals surface area contributed by atoms with Gasteiger partial charge in [0.1, 0.15) is 0 Å². The molecule has 0 amide bonds. The molecule has 0 saturated heterocycles. The van der Waals surface area contributed by atoms with Gasteiger partial charge >= 0.3 is 0 Å². The maximum atomic E-state index is 9.76. The van der Waals surface area contributed by atoms with Crippen molar-refractivity contribution in [2.24, 2.45) is 0 Å². The predicted octanol–water partition coefficient (Wildman–Crippen LogP) is 2.81. The molecule has 0 heterocycles. The van der Waals surface area contributed by atoms with E-state index in [2.05, 4.69) is 0 Å². The van der Waals surface area contributed by atoms with E-state index < -0.39 is 5.41 Å². The highest BCUT2D eigenvalue weighted by atomic mass is 35.5. The first-order chi connectivity index (χ1) is 9.20. The first-order valence-corrected chi connectivity index (χ1v) is 6.60. The van der Waals surface area contributed by atoms with Gasteiger partial charge < -0.3 is 10.2 Å². The van der Waals surface area contributed by atoms with Gasteiger partial charge in [0.2, 0.25) is 0 Å². The Labute approximate surface area is 118 Å². The summed E-state index contributed by atoms with van der Waals surface area (Å²) in [5.74, 6) is 0. The third kappa shape index (κ3) is 3.16. The van der Waals surface area contributed by atoms with E-state index in [1.54, 1.807) is 0 Å². The molecule has 19 heavy (non-hydrogen) atoms. The van der Waals surface area contributed by atoms with Gasteiger partial charge in [-0.15, -0.1) is 0 Å². The monoisotopic (exact) mass is 276 g/mol. The molecule has 2 nitrogen and oxygen atoms in total. The van der Waals surface area contributed by atoms with E-state index in [9.17, 15) is 10.2 Å². The Morgan fingerprint density at radius 3 is 1.95 bits per heavy atom. The molecule has 2 aromatic carbocycles. The molecule has 2 aromatic rings. The normalized spacial score (nSPS) is 11.5. The SMILES string of the molecule is OCC(CO)(Cc1ccc(Cl)cc1)c1ccccc1. The summed E-state index contributed by atoms with van der Waals surface area (Å²) < 4.78 is 0. The molecule has 2 N–H and O–H groups in total. The van der Waals surface area contributed by atoms with Crippen LogP contribution < -0.4 is 0 Å². The van der Waals surface area contributed by atoms with Crippen LogP contribution in [-0.2, 0) is 11.8 Å². The van der Waals surface area contributed by atoms with Gasteiger partial charge in [-0.25, -0.2) is 0 Å². The summed E-state index contributed by atoms with van der Waals surface area (Å²) in [4.78, 5) is 0. The van der Waals surface area contributed by atoms with Gasteiger partial charge in [-0.1, -0.05) is 54.1 Å². The topological polar surface area (TPSA) is 40.5 Å². The smallest absolute Gasteiger partial charge is 0.0553 e. The van der Waals surface area contributed by atoms with Crippen molar-refractivity contribution in [3.05, 3.63) is 70.7 Å². The van der Waals surface area contributed by atoms with Gasteiger partial charge in [0.05, 0.1) is 13.2 Å². The van der Waals surface area contributed by atoms with Crippen LogP contribution in [0.25, 0.3) is 0 Å². The van der Waals surface area contributed by atoms with Crippen LogP contribution in [0.3, 0.4) is 0 Å². The average molecular weight is 277 g/mol. The van der Waals surface area contributed by atoms with Gasteiger partial charge in [0.25, 0.3) is 0 Å². The van der Waals surface area contributed by atoms with Crippen LogP contribution >= 0.6 is 11.6 Å². The summed E-state index contributed by atoms with van der Waals surface area (Å²) in [7, 11) is 0. The molecule has 0 saturated carbocycles. The van der Waals surface area contributed by atoms with Crippen LogP contribution in [0.2, 0.25) is 5.02 Å². The number of halogens is 1. The Morgan fingerprint density at radius 1 is 0.842 bits per heavy atom. The highest BCUT2D eigenvalue weighted by Crippen LogP contribution is 2.28. The number of rotatable bonds is 5. The lowest BCUT2D eigenvalue weighted by atomic mass is 9.77. The van der Waals surface area contributed by atoms with Gasteiger partial charge in [-0.05, 0) is 29.7 Å². The minimum absolute atomic E-state index is 0.101. The lowest BCUT2D eigenvalue weighted by Gasteiger charge is -2.30. The lowest BCUT2D eigenvalue weighted by molar-refractivity contribution is 0.116. The second kappa shape index (κ2) is 6.20. The van der Waals surface area contributed by atoms with Gasteiger partial charge in [-0.2, -0.15) is 0 Å². The molecule has 0 aliphatic carbocycles. The first-order valence-electron chi connectivity index (χ1n) is 6.22. The highest BCUT2D eigenvalue weighted by Gasteiger charge is 2.31. The molecule has 0 aromatic heterocycles. The van der Waals surface area contributed by atoms with E-state index in [4.69, 9.17) is 11.6 Å². The van der Waals surface area contributed by atoms with Crippen LogP contribution in [0.15, 0.2) is 54.6 Å². The minimum atomic E-state index is -0.658. The molecule has 0 aliphatic rings. The Hall–Kier alpha value is -1.35. The number of hydrogen-bond acceptors (Lipinski definition) is 2. The van der Waals surface area contributed by atoms with E-state index in [1.165, 1.54) is 0 Å². The Balaban J connectivity index is 2.32. The summed E-state index contributed by atoms with van der Waals surface area (Å²) in [5, 5.41) is 20.2. The second-order valence-electron chi connectivity index (χ2n) is 4.77. The van der Waals surface area contributed by atoms with Crippen molar-refractivity contribution in [3.63, 3.8) is 0 Å². The van der Waals surface area contributed by atoms with Gasteiger partial charge in [-0.3, -0.25) is 0 Å². The Kier molecular flexibility index (Phi) is 4.59. The van der Waals surface area contributed by atoms with Gasteiger partial charge in [0.15, 0.2) is 0 Å². The fourth-order valence-corrected chi connectivity index (χ4v) is 2.36. The quantitative estimate of drug-likeness (QED) is 0.882. The Morgan fingerprint density at radius 2 is 1.42 bits per heavy atom. The van der Waals surface area contributed by atoms with E-state index in [0.717, 1.165) is 11.1 Å². The molecule has 3 heteroatoms. The van der Waals surface area contributed by atoms with E-state index in [1.807, 2.05) is 54.6 Å². The molecule has 2 rings (SSSR count). The summed E-state index contributed by atoms with van der Waals surface area (Å²) in [6.45, 7) is -0.202. The third-order valence-corrected chi connectivity index (χ3v) is 3.70. The van der Waals surface area contributed by atoms with Crippen LogP contribution in [0, 0.1) is 0 Å². The molecule has 100 valence electrons. The molecule has 0 bridgehead atoms. The van der Waals surface area contributed by atoms with Crippen molar-refractivity contribution in [2.45, 2.75) is 11.8 Å². The molecule has 0 unspecified atom stereocenters. The van der Waals surface area contributed by atoms with Crippen molar-refractivity contribution in [2.75, 3.05) is 13.2 Å². The van der Waals surface area contributed by atoms with Crippen molar-refractivity contribution < 1.29 is 10.2 Å². The van der Waals surface area contributed by atoms with Crippen molar-refractivity contribution in [1.29, 1.82) is 0 Å². The van der Waals surface area contributed by atoms with Crippen molar-refractivity contribution in [1.82, 2.24) is 0 Å². The fraction of sp³-hybridized carbons (Fsp3) is 0.250. The largest absolute Gasteiger partial charge is 0.395 e. The number of benzene rings is 2. The maximum Gasteiger partial charge on any atom is 0.0553 e. The second-order valence-corrected chi connectivity index (χ2v) is 5.20. The zero-order valence-corrected chi connectivity index (χ0v) is 11.3. The zero-order chi connectivity index (χ0) is 13.7. The van der Waals surface area contributed by atoms with Gasteiger partial charge in [0, 0.05) is 10.4 Å². The molecular weight excluding hydrogens is 260 g/mol. The zero-order valence-electron chi connectivity index (χ0n) is 10.6. The number of aliphatic hydroxyl groups excluding tert-OH is 2. The molecular formula is C16H17ClO2. The number of aliphatic hydroxyl groups is 2. The summed E-state index contributed by atoms with van der Waals surface area (Å²) in [5.41, 5.74) is 1.32. The lowest BCUT2D eigenvalue weighted by Crippen LogP contribution is -2.37. The standard InChI is InChI=1S/C16H17ClO2/c17-15-8-6-13(7-9-15)10-16(11-18,12-19)14-4-2-1-3-5-14/h1-9,18-19H,10-12H2. The van der Waals surface area contributed by atoms with E-state index in [0.29, 0.717) is 11.4 Å². The molecule has 0 fully saturated rings. The molecule has 0 radical (unpaired) electrons. The van der Waals surface area contributed by atoms with Crippen molar-refractivity contribution in [3.8, 4) is 0 Å². The fourth-order valence-electron chi connectivity index (χ4n) is 2.23. The summed E-state index contributed by atoms with van der Waals surface area (Å²) in [6, 6.07) is 17.1. The van der Waals surface area contributed by atoms with E-state index >= 15 is 0 Å². The summed E-state index contributed by atoms with van der Waals surface area (Å²) >= 11 is 5.87. The van der Waals surface area contributed by atoms with Crippen LogP contribution in [-0.4, -0.2) is 23.4 Å². The Bertz CT molecular complexity index is 504. The molecule has 0 aliphatic heterocycles. The van der Waals surface area contributed by atoms with Crippen LogP contribution in [0.5, 0.6) is 0 Å². The highest BCUT2D eigenvalue weighted by molar-refractivity contribution is 6.30. The van der Waals surface area contributed by atoms with Crippen LogP contribution in [0.1, 0.15) is 11.1 Å². The minimum Gasteiger partial charge on any atom is -0.395 e. The third-order valence-electron chi connectivity index (χ3n) is 3.45. The molecule has 0 atom stereocenters. The number of hydrogen-bond donors (Lipinski definition) is 2. The van der Waals surface area contributed by atoms with Crippen molar-refractivity contribution >= 4 is 11.6 Å². The predicted molar refractivity (Wildman–Crippen MR) is 77.4 cm³/mol. The average Bonchev–Trinajstić information content (AvgIpc) is 2.48. The maximum absolute atomic E-state index is 9.76.